The number of nitrogens with zero attached hydrogens (tertiary/aromatic N) is 1. The Morgan fingerprint density at radius 3 is 2.28 bits per heavy atom. The van der Waals surface area contributed by atoms with Crippen molar-refractivity contribution in [3.05, 3.63) is 34.9 Å². The highest BCUT2D eigenvalue weighted by Gasteiger charge is 2.56. The van der Waals surface area contributed by atoms with E-state index < -0.39 is 0 Å². The number of rotatable bonds is 5. The van der Waals surface area contributed by atoms with Crippen LogP contribution < -0.4 is 5.32 Å². The molecule has 4 nitrogen and oxygen atoms in total. The van der Waals surface area contributed by atoms with Gasteiger partial charge in [0.2, 0.25) is 11.8 Å². The molecule has 1 N–H and O–H groups in total. The molecule has 4 bridgehead atoms. The standard InChI is InChI=1S/C24H31ClN2O2/c25-20-5-3-16(4-6-20)7-8-26-22(28)21-2-1-9-27(21)23(29)24-13-17-10-18(14-24)12-19(11-17)15-24/h3-6,17-19,21H,1-2,7-15H2,(H,26,28). The quantitative estimate of drug-likeness (QED) is 0.784. The molecule has 29 heavy (non-hydrogen) atoms. The molecule has 5 fully saturated rings. The van der Waals surface area contributed by atoms with Crippen LogP contribution in [0, 0.1) is 23.2 Å². The molecular weight excluding hydrogens is 384 g/mol. The molecule has 1 aromatic rings. The normalized spacial score (nSPS) is 35.1. The minimum absolute atomic E-state index is 0.0227. The van der Waals surface area contributed by atoms with Crippen LogP contribution in [0.25, 0.3) is 0 Å². The summed E-state index contributed by atoms with van der Waals surface area (Å²) in [5, 5.41) is 3.81. The van der Waals surface area contributed by atoms with Gasteiger partial charge in [0.05, 0.1) is 5.41 Å². The Bertz CT molecular complexity index is 755. The molecule has 1 unspecified atom stereocenters. The maximum absolute atomic E-state index is 13.7. The number of hydrogen-bond acceptors (Lipinski definition) is 2. The fourth-order valence-corrected chi connectivity index (χ4v) is 7.18. The van der Waals surface area contributed by atoms with Crippen LogP contribution in [0.15, 0.2) is 24.3 Å². The lowest BCUT2D eigenvalue weighted by Gasteiger charge is -2.56. The second-order valence-electron chi connectivity index (χ2n) is 10.0. The Kier molecular flexibility index (Phi) is 5.09. The van der Waals surface area contributed by atoms with Gasteiger partial charge in [0.25, 0.3) is 0 Å². The second kappa shape index (κ2) is 7.61. The molecule has 5 aliphatic rings. The van der Waals surface area contributed by atoms with Crippen molar-refractivity contribution in [1.82, 2.24) is 10.2 Å². The zero-order valence-electron chi connectivity index (χ0n) is 17.0. The average molecular weight is 415 g/mol. The molecule has 0 radical (unpaired) electrons. The lowest BCUT2D eigenvalue weighted by atomic mass is 9.49. The zero-order chi connectivity index (χ0) is 20.0. The van der Waals surface area contributed by atoms with Gasteiger partial charge in [-0.15, -0.1) is 0 Å². The number of nitrogens with one attached hydrogen (secondary N) is 1. The minimum atomic E-state index is -0.277. The van der Waals surface area contributed by atoms with Gasteiger partial charge in [-0.05, 0) is 93.2 Å². The number of carbonyl (C=O) groups excluding carboxylic acids is 2. The largest absolute Gasteiger partial charge is 0.354 e. The first kappa shape index (κ1) is 19.4. The molecule has 1 aliphatic heterocycles. The van der Waals surface area contributed by atoms with E-state index in [2.05, 4.69) is 5.32 Å². The summed E-state index contributed by atoms with van der Waals surface area (Å²) in [6.07, 6.45) is 9.72. The summed E-state index contributed by atoms with van der Waals surface area (Å²) in [6.45, 7) is 1.34. The Morgan fingerprint density at radius 2 is 1.66 bits per heavy atom. The van der Waals surface area contributed by atoms with E-state index in [1.807, 2.05) is 29.2 Å². The number of hydrogen-bond donors (Lipinski definition) is 1. The maximum atomic E-state index is 13.7. The van der Waals surface area contributed by atoms with Crippen LogP contribution in [-0.2, 0) is 16.0 Å². The maximum Gasteiger partial charge on any atom is 0.242 e. The number of carbonyl (C=O) groups is 2. The van der Waals surface area contributed by atoms with Crippen molar-refractivity contribution in [1.29, 1.82) is 0 Å². The molecular formula is C24H31ClN2O2. The molecule has 2 amide bonds. The Balaban J connectivity index is 1.21. The minimum Gasteiger partial charge on any atom is -0.354 e. The second-order valence-corrected chi connectivity index (χ2v) is 10.5. The fraction of sp³-hybridized carbons (Fsp3) is 0.667. The van der Waals surface area contributed by atoms with Gasteiger partial charge >= 0.3 is 0 Å². The highest BCUT2D eigenvalue weighted by Crippen LogP contribution is 2.60. The molecule has 5 heteroatoms. The molecule has 0 spiro atoms. The van der Waals surface area contributed by atoms with Gasteiger partial charge in [-0.1, -0.05) is 23.7 Å². The van der Waals surface area contributed by atoms with Crippen molar-refractivity contribution in [2.24, 2.45) is 23.2 Å². The van der Waals surface area contributed by atoms with E-state index in [1.54, 1.807) is 0 Å². The molecule has 1 aromatic carbocycles. The highest BCUT2D eigenvalue weighted by atomic mass is 35.5. The van der Waals surface area contributed by atoms with Crippen molar-refractivity contribution in [3.8, 4) is 0 Å². The van der Waals surface area contributed by atoms with Gasteiger partial charge in [0, 0.05) is 18.1 Å². The van der Waals surface area contributed by atoms with Crippen LogP contribution in [0.4, 0.5) is 0 Å². The third-order valence-corrected chi connectivity index (χ3v) is 8.19. The molecule has 4 saturated carbocycles. The Hall–Kier alpha value is -1.55. The van der Waals surface area contributed by atoms with Crippen LogP contribution in [0.3, 0.4) is 0 Å². The molecule has 1 saturated heterocycles. The van der Waals surface area contributed by atoms with Crippen molar-refractivity contribution in [3.63, 3.8) is 0 Å². The first-order valence-corrected chi connectivity index (χ1v) is 11.7. The van der Waals surface area contributed by atoms with Crippen molar-refractivity contribution in [2.45, 2.75) is 63.8 Å². The van der Waals surface area contributed by atoms with Crippen molar-refractivity contribution >= 4 is 23.4 Å². The summed E-state index contributed by atoms with van der Waals surface area (Å²) in [5.41, 5.74) is 1.00. The number of amides is 2. The van der Waals surface area contributed by atoms with Gasteiger partial charge in [-0.3, -0.25) is 9.59 Å². The van der Waals surface area contributed by atoms with E-state index in [-0.39, 0.29) is 17.4 Å². The number of likely N-dealkylation sites (tertiary alicyclic amines) is 1. The van der Waals surface area contributed by atoms with E-state index in [4.69, 9.17) is 11.6 Å². The monoisotopic (exact) mass is 414 g/mol. The van der Waals surface area contributed by atoms with E-state index in [1.165, 1.54) is 19.3 Å². The molecule has 6 rings (SSSR count). The molecule has 0 aromatic heterocycles. The van der Waals surface area contributed by atoms with Crippen LogP contribution in [0.2, 0.25) is 5.02 Å². The van der Waals surface area contributed by atoms with Crippen molar-refractivity contribution in [2.75, 3.05) is 13.1 Å². The smallest absolute Gasteiger partial charge is 0.242 e. The molecule has 1 atom stereocenters. The van der Waals surface area contributed by atoms with E-state index >= 15 is 0 Å². The van der Waals surface area contributed by atoms with Crippen LogP contribution in [0.5, 0.6) is 0 Å². The van der Waals surface area contributed by atoms with Gasteiger partial charge in [0.1, 0.15) is 6.04 Å². The lowest BCUT2D eigenvalue weighted by Crippen LogP contribution is -2.57. The summed E-state index contributed by atoms with van der Waals surface area (Å²) >= 11 is 5.93. The Morgan fingerprint density at radius 1 is 1.03 bits per heavy atom. The summed E-state index contributed by atoms with van der Waals surface area (Å²) in [6, 6.07) is 7.46. The average Bonchev–Trinajstić information content (AvgIpc) is 3.17. The summed E-state index contributed by atoms with van der Waals surface area (Å²) in [4.78, 5) is 28.5. The lowest BCUT2D eigenvalue weighted by molar-refractivity contribution is -0.160. The third kappa shape index (κ3) is 3.69. The molecule has 1 heterocycles. The first-order chi connectivity index (χ1) is 14.0. The van der Waals surface area contributed by atoms with Gasteiger partial charge in [-0.2, -0.15) is 0 Å². The van der Waals surface area contributed by atoms with E-state index in [9.17, 15) is 9.59 Å². The van der Waals surface area contributed by atoms with Crippen molar-refractivity contribution < 1.29 is 9.59 Å². The van der Waals surface area contributed by atoms with Gasteiger partial charge < -0.3 is 10.2 Å². The number of benzene rings is 1. The topological polar surface area (TPSA) is 49.4 Å². The zero-order valence-corrected chi connectivity index (χ0v) is 17.8. The predicted molar refractivity (Wildman–Crippen MR) is 114 cm³/mol. The van der Waals surface area contributed by atoms with Crippen LogP contribution >= 0.6 is 11.6 Å². The Labute approximate surface area is 178 Å². The predicted octanol–water partition coefficient (Wildman–Crippen LogP) is 4.21. The van der Waals surface area contributed by atoms with E-state index in [0.717, 1.165) is 73.4 Å². The SMILES string of the molecule is O=C(NCCc1ccc(Cl)cc1)C1CCCN1C(=O)C12CC3CC(CC(C3)C1)C2. The van der Waals surface area contributed by atoms with E-state index in [0.29, 0.717) is 12.5 Å². The molecule has 4 aliphatic carbocycles. The summed E-state index contributed by atoms with van der Waals surface area (Å²) in [7, 11) is 0. The molecule has 156 valence electrons. The third-order valence-electron chi connectivity index (χ3n) is 7.93. The van der Waals surface area contributed by atoms with Crippen LogP contribution in [-0.4, -0.2) is 35.8 Å². The summed E-state index contributed by atoms with van der Waals surface area (Å²) < 4.78 is 0. The highest BCUT2D eigenvalue weighted by molar-refractivity contribution is 6.30. The van der Waals surface area contributed by atoms with Crippen LogP contribution in [0.1, 0.15) is 56.9 Å². The van der Waals surface area contributed by atoms with Gasteiger partial charge in [-0.25, -0.2) is 0 Å². The first-order valence-electron chi connectivity index (χ1n) is 11.4. The summed E-state index contributed by atoms with van der Waals surface area (Å²) in [5.74, 6) is 2.57. The fourth-order valence-electron chi connectivity index (χ4n) is 7.06. The van der Waals surface area contributed by atoms with Gasteiger partial charge in [0.15, 0.2) is 0 Å². The number of halogens is 1.